The highest BCUT2D eigenvalue weighted by Crippen LogP contribution is 2.38. The Kier molecular flexibility index (Phi) is 4.61. The zero-order valence-electron chi connectivity index (χ0n) is 13.7. The molecule has 0 fully saturated rings. The highest BCUT2D eigenvalue weighted by Gasteiger charge is 2.42. The van der Waals surface area contributed by atoms with Crippen molar-refractivity contribution < 1.29 is 13.6 Å². The van der Waals surface area contributed by atoms with Crippen LogP contribution in [0, 0.1) is 0 Å². The molecule has 1 nitrogen and oxygen atoms in total. The van der Waals surface area contributed by atoms with Crippen LogP contribution in [0.25, 0.3) is 17.2 Å². The summed E-state index contributed by atoms with van der Waals surface area (Å²) in [6.45, 7) is 2.19. The number of carbonyl (C=O) groups excluding carboxylic acids is 1. The molecule has 1 aliphatic carbocycles. The van der Waals surface area contributed by atoms with Crippen LogP contribution in [0.4, 0.5) is 8.78 Å². The lowest BCUT2D eigenvalue weighted by Gasteiger charge is -2.20. The summed E-state index contributed by atoms with van der Waals surface area (Å²) in [6.07, 6.45) is 7.11. The van der Waals surface area contributed by atoms with Crippen molar-refractivity contribution in [1.82, 2.24) is 0 Å². The third kappa shape index (κ3) is 3.16. The maximum Gasteiger partial charge on any atom is 0.334 e. The van der Waals surface area contributed by atoms with Crippen LogP contribution >= 0.6 is 0 Å². The van der Waals surface area contributed by atoms with Crippen molar-refractivity contribution in [1.29, 1.82) is 0 Å². The molecule has 3 rings (SSSR count). The number of unbranched alkanes of at least 4 members (excludes halogenated alkanes) is 2. The summed E-state index contributed by atoms with van der Waals surface area (Å²) < 4.78 is 27.8. The van der Waals surface area contributed by atoms with E-state index in [-0.39, 0.29) is 5.56 Å². The number of carbonyl (C=O) groups is 1. The number of ketones is 1. The first-order valence-electron chi connectivity index (χ1n) is 8.36. The Balaban J connectivity index is 1.84. The van der Waals surface area contributed by atoms with Crippen molar-refractivity contribution in [3.05, 3.63) is 65.2 Å². The zero-order valence-corrected chi connectivity index (χ0v) is 13.7. The Morgan fingerprint density at radius 2 is 1.62 bits per heavy atom. The SMILES string of the molecule is CCCCCc1ccc(-c2ccc3c(c2)C=CC(=O)C3(F)F)cc1. The van der Waals surface area contributed by atoms with Gasteiger partial charge in [-0.3, -0.25) is 4.79 Å². The highest BCUT2D eigenvalue weighted by molar-refractivity contribution is 6.03. The molecule has 24 heavy (non-hydrogen) atoms. The molecule has 0 bridgehead atoms. The summed E-state index contributed by atoms with van der Waals surface area (Å²) in [7, 11) is 0. The van der Waals surface area contributed by atoms with Crippen LogP contribution < -0.4 is 0 Å². The van der Waals surface area contributed by atoms with Crippen LogP contribution in [0.15, 0.2) is 48.5 Å². The maximum atomic E-state index is 13.9. The molecule has 0 radical (unpaired) electrons. The molecular weight excluding hydrogens is 306 g/mol. The number of alkyl halides is 2. The molecule has 0 saturated heterocycles. The Labute approximate surface area is 141 Å². The fourth-order valence-electron chi connectivity index (χ4n) is 3.01. The van der Waals surface area contributed by atoms with Gasteiger partial charge in [0.05, 0.1) is 0 Å². The van der Waals surface area contributed by atoms with Crippen LogP contribution in [0.5, 0.6) is 0 Å². The number of halogens is 2. The predicted molar refractivity (Wildman–Crippen MR) is 93.0 cm³/mol. The third-order valence-electron chi connectivity index (χ3n) is 4.47. The Morgan fingerprint density at radius 1 is 0.917 bits per heavy atom. The van der Waals surface area contributed by atoms with Gasteiger partial charge in [0.1, 0.15) is 0 Å². The number of aryl methyl sites for hydroxylation is 1. The van der Waals surface area contributed by atoms with E-state index in [0.29, 0.717) is 5.56 Å². The molecule has 0 aliphatic heterocycles. The van der Waals surface area contributed by atoms with Crippen LogP contribution in [-0.2, 0) is 17.1 Å². The number of fused-ring (bicyclic) bond motifs is 1. The summed E-state index contributed by atoms with van der Waals surface area (Å²) in [5.41, 5.74) is 3.36. The summed E-state index contributed by atoms with van der Waals surface area (Å²) in [5.74, 6) is -4.58. The zero-order chi connectivity index (χ0) is 17.2. The molecule has 124 valence electrons. The second-order valence-electron chi connectivity index (χ2n) is 6.23. The molecule has 0 atom stereocenters. The molecule has 0 aromatic heterocycles. The normalized spacial score (nSPS) is 15.4. The van der Waals surface area contributed by atoms with Gasteiger partial charge in [0.15, 0.2) is 0 Å². The average Bonchev–Trinajstić information content (AvgIpc) is 2.59. The standard InChI is InChI=1S/C21H20F2O/c1-2-3-4-5-15-6-8-16(9-7-15)17-10-12-19-18(14-17)11-13-20(24)21(19,22)23/h6-14H,2-5H2,1H3. The summed E-state index contributed by atoms with van der Waals surface area (Å²) in [6, 6.07) is 13.0. The van der Waals surface area contributed by atoms with E-state index in [0.717, 1.165) is 23.6 Å². The lowest BCUT2D eigenvalue weighted by Crippen LogP contribution is -2.27. The van der Waals surface area contributed by atoms with Crippen LogP contribution in [0.2, 0.25) is 0 Å². The van der Waals surface area contributed by atoms with Gasteiger partial charge in [-0.05, 0) is 47.2 Å². The van der Waals surface area contributed by atoms with Crippen molar-refractivity contribution in [2.45, 2.75) is 38.5 Å². The first-order chi connectivity index (χ1) is 11.5. The first kappa shape index (κ1) is 16.6. The molecule has 3 heteroatoms. The first-order valence-corrected chi connectivity index (χ1v) is 8.36. The smallest absolute Gasteiger partial charge is 0.288 e. The van der Waals surface area contributed by atoms with Crippen molar-refractivity contribution in [2.24, 2.45) is 0 Å². The Hall–Kier alpha value is -2.29. The van der Waals surface area contributed by atoms with E-state index in [1.54, 1.807) is 12.1 Å². The molecule has 0 heterocycles. The Morgan fingerprint density at radius 3 is 2.33 bits per heavy atom. The fourth-order valence-corrected chi connectivity index (χ4v) is 3.01. The maximum absolute atomic E-state index is 13.9. The second kappa shape index (κ2) is 6.68. The van der Waals surface area contributed by atoms with Crippen molar-refractivity contribution in [3.8, 4) is 11.1 Å². The van der Waals surface area contributed by atoms with Crippen LogP contribution in [0.3, 0.4) is 0 Å². The van der Waals surface area contributed by atoms with Gasteiger partial charge >= 0.3 is 5.92 Å². The molecule has 0 N–H and O–H groups in total. The van der Waals surface area contributed by atoms with E-state index in [4.69, 9.17) is 0 Å². The van der Waals surface area contributed by atoms with Gasteiger partial charge in [0.2, 0.25) is 5.78 Å². The monoisotopic (exact) mass is 326 g/mol. The lowest BCUT2D eigenvalue weighted by atomic mass is 9.90. The topological polar surface area (TPSA) is 17.1 Å². The van der Waals surface area contributed by atoms with Crippen molar-refractivity contribution >= 4 is 11.9 Å². The van der Waals surface area contributed by atoms with Gasteiger partial charge in [-0.2, -0.15) is 8.78 Å². The van der Waals surface area contributed by atoms with Gasteiger partial charge in [0, 0.05) is 5.56 Å². The van der Waals surface area contributed by atoms with Gasteiger partial charge in [0.25, 0.3) is 0 Å². The lowest BCUT2D eigenvalue weighted by molar-refractivity contribution is -0.139. The second-order valence-corrected chi connectivity index (χ2v) is 6.23. The summed E-state index contributed by atoms with van der Waals surface area (Å²) in [5, 5.41) is 0. The average molecular weight is 326 g/mol. The van der Waals surface area contributed by atoms with Gasteiger partial charge in [-0.1, -0.05) is 62.2 Å². The van der Waals surface area contributed by atoms with Crippen molar-refractivity contribution in [3.63, 3.8) is 0 Å². The minimum atomic E-state index is -3.42. The van der Waals surface area contributed by atoms with Gasteiger partial charge in [-0.25, -0.2) is 0 Å². The van der Waals surface area contributed by atoms with E-state index >= 15 is 0 Å². The summed E-state index contributed by atoms with van der Waals surface area (Å²) in [4.78, 5) is 11.3. The molecule has 0 spiro atoms. The van der Waals surface area contributed by atoms with Crippen LogP contribution in [-0.4, -0.2) is 5.78 Å². The van der Waals surface area contributed by atoms with E-state index < -0.39 is 11.7 Å². The largest absolute Gasteiger partial charge is 0.334 e. The molecule has 0 unspecified atom stereocenters. The van der Waals surface area contributed by atoms with Crippen LogP contribution in [0.1, 0.15) is 42.9 Å². The molecule has 2 aromatic rings. The van der Waals surface area contributed by atoms with Crippen molar-refractivity contribution in [2.75, 3.05) is 0 Å². The molecule has 0 amide bonds. The highest BCUT2D eigenvalue weighted by atomic mass is 19.3. The molecule has 0 saturated carbocycles. The summed E-state index contributed by atoms with van der Waals surface area (Å²) >= 11 is 0. The predicted octanol–water partition coefficient (Wildman–Crippen LogP) is 5.77. The fraction of sp³-hybridized carbons (Fsp3) is 0.286. The van der Waals surface area contributed by atoms with E-state index in [1.165, 1.54) is 37.0 Å². The number of allylic oxidation sites excluding steroid dienone is 1. The minimum Gasteiger partial charge on any atom is -0.288 e. The number of hydrogen-bond acceptors (Lipinski definition) is 1. The van der Waals surface area contributed by atoms with E-state index in [9.17, 15) is 13.6 Å². The molecular formula is C21H20F2O. The quantitative estimate of drug-likeness (QED) is 0.637. The van der Waals surface area contributed by atoms with Gasteiger partial charge < -0.3 is 0 Å². The Bertz CT molecular complexity index is 773. The molecule has 1 aliphatic rings. The minimum absolute atomic E-state index is 0.213. The van der Waals surface area contributed by atoms with E-state index in [2.05, 4.69) is 19.1 Å². The number of benzene rings is 2. The molecule has 2 aromatic carbocycles. The number of hydrogen-bond donors (Lipinski definition) is 0. The van der Waals surface area contributed by atoms with Gasteiger partial charge in [-0.15, -0.1) is 0 Å². The number of rotatable bonds is 5. The third-order valence-corrected chi connectivity index (χ3v) is 4.47. The van der Waals surface area contributed by atoms with E-state index in [1.807, 2.05) is 12.1 Å².